The lowest BCUT2D eigenvalue weighted by Crippen LogP contribution is -2.44. The summed E-state index contributed by atoms with van der Waals surface area (Å²) in [5, 5.41) is 11.7. The van der Waals surface area contributed by atoms with Crippen LogP contribution in [0.3, 0.4) is 0 Å². The quantitative estimate of drug-likeness (QED) is 0.0195. The number of carbonyl (C=O) groups excluding carboxylic acids is 3. The zero-order chi connectivity index (χ0) is 53.4. The highest BCUT2D eigenvalue weighted by Gasteiger charge is 2.22. The number of hydrogen-bond donors (Lipinski definition) is 0. The van der Waals surface area contributed by atoms with Gasteiger partial charge < -0.3 is 33.3 Å². The fraction of sp³-hybridized carbons (Fsp3) is 0.734. The highest BCUT2D eigenvalue weighted by Crippen LogP contribution is 2.16. The molecule has 0 saturated heterocycles. The number of carboxylic acid groups (broad SMARTS) is 1. The van der Waals surface area contributed by atoms with E-state index in [4.69, 9.17) is 18.9 Å². The molecule has 0 aromatic carbocycles. The van der Waals surface area contributed by atoms with Crippen LogP contribution in [0.25, 0.3) is 0 Å². The Hall–Kier alpha value is -3.53. The van der Waals surface area contributed by atoms with Gasteiger partial charge in [-0.3, -0.25) is 9.59 Å². The standard InChI is InChI=1S/C64H111NO8/c1-6-8-10-12-14-16-18-19-20-21-22-23-24-25-26-27-28-29-30-31-32-33-34-35-36-37-38-39-40-41-42-43-45-47-49-51-53-55-62(67)73-60(59-72-64(63(68)69)70-57-56-65(3,4)5)58-71-61(66)54-52-50-48-46-44-17-15-13-11-9-7-2/h8,10,14,16,19-20,22-23,25-26,28-29,31-32,60,64H,6-7,9,11-13,15,17-18,21,24,27,30,33-59H2,1-5H3/b10-8-,16-14-,20-19-,23-22-,26-25-,29-28-,32-31-. The first kappa shape index (κ1) is 69.5. The Labute approximate surface area is 449 Å². The van der Waals surface area contributed by atoms with Gasteiger partial charge >= 0.3 is 11.9 Å². The van der Waals surface area contributed by atoms with Crippen molar-refractivity contribution in [3.05, 3.63) is 85.1 Å². The lowest BCUT2D eigenvalue weighted by molar-refractivity contribution is -0.870. The fourth-order valence-electron chi connectivity index (χ4n) is 8.11. The Morgan fingerprint density at radius 3 is 1.16 bits per heavy atom. The smallest absolute Gasteiger partial charge is 0.306 e. The second kappa shape index (κ2) is 54.7. The molecule has 9 nitrogen and oxygen atoms in total. The zero-order valence-corrected chi connectivity index (χ0v) is 47.7. The Morgan fingerprint density at radius 2 is 0.781 bits per heavy atom. The molecule has 0 bridgehead atoms. The maximum atomic E-state index is 12.8. The van der Waals surface area contributed by atoms with Crippen LogP contribution in [0.4, 0.5) is 0 Å². The van der Waals surface area contributed by atoms with Crippen LogP contribution in [-0.2, 0) is 33.3 Å². The summed E-state index contributed by atoms with van der Waals surface area (Å²) in [6, 6.07) is 0. The van der Waals surface area contributed by atoms with Gasteiger partial charge in [0.15, 0.2) is 12.4 Å². The molecular weight excluding hydrogens is 911 g/mol. The number of hydrogen-bond acceptors (Lipinski definition) is 8. The number of esters is 2. The molecule has 0 radical (unpaired) electrons. The lowest BCUT2D eigenvalue weighted by Gasteiger charge is -2.26. The molecule has 0 aromatic rings. The van der Waals surface area contributed by atoms with Crippen molar-refractivity contribution < 1.29 is 42.9 Å². The van der Waals surface area contributed by atoms with Gasteiger partial charge in [-0.1, -0.05) is 247 Å². The largest absolute Gasteiger partial charge is 0.545 e. The molecule has 0 rings (SSSR count). The predicted octanol–water partition coefficient (Wildman–Crippen LogP) is 16.2. The molecule has 0 spiro atoms. The number of carboxylic acids is 1. The van der Waals surface area contributed by atoms with Gasteiger partial charge in [0.1, 0.15) is 13.2 Å². The van der Waals surface area contributed by atoms with Crippen LogP contribution < -0.4 is 5.11 Å². The zero-order valence-electron chi connectivity index (χ0n) is 47.7. The highest BCUT2D eigenvalue weighted by molar-refractivity contribution is 5.70. The summed E-state index contributed by atoms with van der Waals surface area (Å²) in [5.74, 6) is -2.28. The summed E-state index contributed by atoms with van der Waals surface area (Å²) in [6.07, 6.45) is 69.4. The summed E-state index contributed by atoms with van der Waals surface area (Å²) >= 11 is 0. The molecule has 0 saturated carbocycles. The Morgan fingerprint density at radius 1 is 0.425 bits per heavy atom. The van der Waals surface area contributed by atoms with Crippen LogP contribution in [0.2, 0.25) is 0 Å². The molecule has 0 fully saturated rings. The van der Waals surface area contributed by atoms with Gasteiger partial charge in [-0.2, -0.15) is 0 Å². The minimum Gasteiger partial charge on any atom is -0.545 e. The van der Waals surface area contributed by atoms with E-state index >= 15 is 0 Å². The average molecular weight is 1020 g/mol. The molecule has 73 heavy (non-hydrogen) atoms. The number of nitrogens with zero attached hydrogens (tertiary/aromatic N) is 1. The molecule has 0 aliphatic carbocycles. The van der Waals surface area contributed by atoms with E-state index < -0.39 is 24.3 Å². The van der Waals surface area contributed by atoms with Crippen LogP contribution in [0.1, 0.15) is 245 Å². The summed E-state index contributed by atoms with van der Waals surface area (Å²) in [7, 11) is 5.92. The molecule has 0 N–H and O–H groups in total. The van der Waals surface area contributed by atoms with Gasteiger partial charge in [0.05, 0.1) is 40.3 Å². The van der Waals surface area contributed by atoms with Crippen LogP contribution >= 0.6 is 0 Å². The first-order chi connectivity index (χ1) is 35.6. The monoisotopic (exact) mass is 1020 g/mol. The number of rotatable bonds is 54. The summed E-state index contributed by atoms with van der Waals surface area (Å²) in [5.41, 5.74) is 0. The van der Waals surface area contributed by atoms with Crippen molar-refractivity contribution in [2.75, 3.05) is 47.5 Å². The van der Waals surface area contributed by atoms with E-state index in [1.165, 1.54) is 128 Å². The number of aliphatic carboxylic acids is 1. The molecule has 0 heterocycles. The second-order valence-electron chi connectivity index (χ2n) is 20.9. The molecule has 0 aliphatic rings. The fourth-order valence-corrected chi connectivity index (χ4v) is 8.11. The van der Waals surface area contributed by atoms with E-state index in [1.807, 2.05) is 21.1 Å². The van der Waals surface area contributed by atoms with Gasteiger partial charge in [0, 0.05) is 12.8 Å². The van der Waals surface area contributed by atoms with Crippen LogP contribution in [0, 0.1) is 0 Å². The molecule has 0 aromatic heterocycles. The van der Waals surface area contributed by atoms with Crippen molar-refractivity contribution in [3.8, 4) is 0 Å². The van der Waals surface area contributed by atoms with Gasteiger partial charge in [-0.25, -0.2) is 0 Å². The SMILES string of the molecule is CC/C=C\C/C=C\C/C=C\C/C=C\C/C=C\C/C=C\C/C=C\CCCCCCCCCCCCCCCCCC(=O)OC(COC(=O)CCCCCCCCCCCCC)COC(OCC[N+](C)(C)C)C(=O)[O-]. The average Bonchev–Trinajstić information content (AvgIpc) is 3.36. The first-order valence-corrected chi connectivity index (χ1v) is 29.7. The molecule has 420 valence electrons. The van der Waals surface area contributed by atoms with E-state index in [1.54, 1.807) is 0 Å². The van der Waals surface area contributed by atoms with Crippen molar-refractivity contribution in [2.45, 2.75) is 257 Å². The summed E-state index contributed by atoms with van der Waals surface area (Å²) in [6.45, 7) is 4.63. The maximum Gasteiger partial charge on any atom is 0.306 e. The number of carbonyl (C=O) groups is 3. The van der Waals surface area contributed by atoms with Crippen molar-refractivity contribution in [1.82, 2.24) is 0 Å². The molecule has 2 atom stereocenters. The lowest BCUT2D eigenvalue weighted by atomic mass is 10.0. The summed E-state index contributed by atoms with van der Waals surface area (Å²) < 4.78 is 22.6. The van der Waals surface area contributed by atoms with Gasteiger partial charge in [-0.05, 0) is 70.6 Å². The number of unbranched alkanes of at least 4 members (excludes halogenated alkanes) is 25. The third-order valence-electron chi connectivity index (χ3n) is 12.7. The molecule has 9 heteroatoms. The van der Waals surface area contributed by atoms with E-state index in [9.17, 15) is 19.5 Å². The van der Waals surface area contributed by atoms with Crippen molar-refractivity contribution in [1.29, 1.82) is 0 Å². The van der Waals surface area contributed by atoms with Crippen LogP contribution in [0.5, 0.6) is 0 Å². The topological polar surface area (TPSA) is 111 Å². The molecule has 2 unspecified atom stereocenters. The molecule has 0 aliphatic heterocycles. The maximum absolute atomic E-state index is 12.8. The van der Waals surface area contributed by atoms with E-state index in [0.717, 1.165) is 83.5 Å². The minimum absolute atomic E-state index is 0.147. The van der Waals surface area contributed by atoms with Gasteiger partial charge in [-0.15, -0.1) is 0 Å². The second-order valence-corrected chi connectivity index (χ2v) is 20.9. The highest BCUT2D eigenvalue weighted by atomic mass is 16.7. The molecule has 0 amide bonds. The first-order valence-electron chi connectivity index (χ1n) is 29.7. The number of quaternary nitrogens is 1. The Kier molecular flexibility index (Phi) is 52.1. The van der Waals surface area contributed by atoms with Crippen molar-refractivity contribution in [2.24, 2.45) is 0 Å². The van der Waals surface area contributed by atoms with Crippen molar-refractivity contribution >= 4 is 17.9 Å². The van der Waals surface area contributed by atoms with E-state index in [2.05, 4.69) is 98.9 Å². The van der Waals surface area contributed by atoms with Crippen molar-refractivity contribution in [3.63, 3.8) is 0 Å². The van der Waals surface area contributed by atoms with E-state index in [0.29, 0.717) is 23.9 Å². The van der Waals surface area contributed by atoms with Crippen LogP contribution in [-0.4, -0.2) is 82.3 Å². The molecular formula is C64H111NO8. The Bertz CT molecular complexity index is 1470. The third-order valence-corrected chi connectivity index (χ3v) is 12.7. The number of ether oxygens (including phenoxy) is 4. The van der Waals surface area contributed by atoms with Crippen LogP contribution in [0.15, 0.2) is 85.1 Å². The van der Waals surface area contributed by atoms with Gasteiger partial charge in [0.2, 0.25) is 0 Å². The number of likely N-dealkylation sites (N-methyl/N-ethyl adjacent to an activating group) is 1. The Balaban J connectivity index is 4.04. The van der Waals surface area contributed by atoms with E-state index in [-0.39, 0.29) is 32.2 Å². The third kappa shape index (κ3) is 56.0. The normalized spacial score (nSPS) is 13.4. The minimum atomic E-state index is -1.62. The van der Waals surface area contributed by atoms with Gasteiger partial charge in [0.25, 0.3) is 0 Å². The number of allylic oxidation sites excluding steroid dienone is 14. The predicted molar refractivity (Wildman–Crippen MR) is 306 cm³/mol. The summed E-state index contributed by atoms with van der Waals surface area (Å²) in [4.78, 5) is 37.2.